The van der Waals surface area contributed by atoms with Gasteiger partial charge in [0.1, 0.15) is 5.75 Å². The van der Waals surface area contributed by atoms with E-state index in [4.69, 9.17) is 4.74 Å². The topological polar surface area (TPSA) is 35.0 Å². The van der Waals surface area contributed by atoms with Crippen LogP contribution in [-0.2, 0) is 0 Å². The Kier molecular flexibility index (Phi) is 3.43. The standard InChI is InChI=1S/C13H13BrN2O/c1-8-9(2)12(17-3)5-4-10(8)11-6-7-15-13(14)16-11/h4-7H,1-3H3. The highest BCUT2D eigenvalue weighted by atomic mass is 79.9. The molecule has 0 saturated carbocycles. The first kappa shape index (κ1) is 12.0. The van der Waals surface area contributed by atoms with Crippen LogP contribution in [0.3, 0.4) is 0 Å². The SMILES string of the molecule is COc1ccc(-c2ccnc(Br)n2)c(C)c1C. The van der Waals surface area contributed by atoms with Crippen LogP contribution < -0.4 is 4.74 Å². The largest absolute Gasteiger partial charge is 0.496 e. The fourth-order valence-corrected chi connectivity index (χ4v) is 2.09. The second-order valence-corrected chi connectivity index (χ2v) is 4.49. The van der Waals surface area contributed by atoms with Crippen molar-refractivity contribution < 1.29 is 4.74 Å². The van der Waals surface area contributed by atoms with Crippen molar-refractivity contribution in [1.82, 2.24) is 9.97 Å². The summed E-state index contributed by atoms with van der Waals surface area (Å²) in [6.45, 7) is 4.12. The maximum absolute atomic E-state index is 5.30. The van der Waals surface area contributed by atoms with Crippen LogP contribution in [0.5, 0.6) is 5.75 Å². The number of aromatic nitrogens is 2. The average molecular weight is 293 g/mol. The lowest BCUT2D eigenvalue weighted by Crippen LogP contribution is -1.95. The van der Waals surface area contributed by atoms with Gasteiger partial charge < -0.3 is 4.74 Å². The lowest BCUT2D eigenvalue weighted by atomic mass is 10.00. The van der Waals surface area contributed by atoms with Crippen LogP contribution >= 0.6 is 15.9 Å². The molecule has 0 saturated heterocycles. The average Bonchev–Trinajstić information content (AvgIpc) is 2.32. The molecule has 0 bridgehead atoms. The number of hydrogen-bond acceptors (Lipinski definition) is 3. The van der Waals surface area contributed by atoms with Crippen LogP contribution in [0.2, 0.25) is 0 Å². The van der Waals surface area contributed by atoms with E-state index in [1.54, 1.807) is 13.3 Å². The van der Waals surface area contributed by atoms with Crippen LogP contribution in [0.25, 0.3) is 11.3 Å². The highest BCUT2D eigenvalue weighted by Gasteiger charge is 2.09. The van der Waals surface area contributed by atoms with Gasteiger partial charge in [-0.05, 0) is 59.1 Å². The minimum absolute atomic E-state index is 0.600. The molecule has 0 radical (unpaired) electrons. The van der Waals surface area contributed by atoms with Gasteiger partial charge in [-0.2, -0.15) is 0 Å². The van der Waals surface area contributed by atoms with Crippen LogP contribution in [0.4, 0.5) is 0 Å². The summed E-state index contributed by atoms with van der Waals surface area (Å²) in [5, 5.41) is 0. The molecule has 2 rings (SSSR count). The van der Waals surface area contributed by atoms with E-state index < -0.39 is 0 Å². The Morgan fingerprint density at radius 3 is 2.53 bits per heavy atom. The van der Waals surface area contributed by atoms with Crippen molar-refractivity contribution in [2.24, 2.45) is 0 Å². The summed E-state index contributed by atoms with van der Waals surface area (Å²) < 4.78 is 5.90. The van der Waals surface area contributed by atoms with Crippen LogP contribution in [0.15, 0.2) is 29.1 Å². The van der Waals surface area contributed by atoms with Crippen molar-refractivity contribution in [3.8, 4) is 17.0 Å². The molecule has 17 heavy (non-hydrogen) atoms. The third-order valence-corrected chi connectivity index (χ3v) is 3.24. The normalized spacial score (nSPS) is 10.4. The molecule has 0 aliphatic rings. The molecule has 1 aromatic carbocycles. The van der Waals surface area contributed by atoms with Crippen LogP contribution in [0, 0.1) is 13.8 Å². The molecule has 4 heteroatoms. The van der Waals surface area contributed by atoms with Gasteiger partial charge in [-0.15, -0.1) is 0 Å². The van der Waals surface area contributed by atoms with E-state index in [2.05, 4.69) is 32.8 Å². The van der Waals surface area contributed by atoms with Gasteiger partial charge in [-0.3, -0.25) is 0 Å². The van der Waals surface area contributed by atoms with Crippen molar-refractivity contribution in [2.45, 2.75) is 13.8 Å². The Labute approximate surface area is 109 Å². The molecular formula is C13H13BrN2O. The second kappa shape index (κ2) is 4.84. The quantitative estimate of drug-likeness (QED) is 0.794. The highest BCUT2D eigenvalue weighted by Crippen LogP contribution is 2.30. The Hall–Kier alpha value is -1.42. The van der Waals surface area contributed by atoms with Gasteiger partial charge in [0.15, 0.2) is 4.73 Å². The molecule has 0 spiro atoms. The van der Waals surface area contributed by atoms with Gasteiger partial charge in [0.05, 0.1) is 12.8 Å². The molecular weight excluding hydrogens is 280 g/mol. The van der Waals surface area contributed by atoms with Crippen molar-refractivity contribution in [3.63, 3.8) is 0 Å². The Morgan fingerprint density at radius 1 is 1.12 bits per heavy atom. The van der Waals surface area contributed by atoms with Gasteiger partial charge in [-0.25, -0.2) is 9.97 Å². The fraction of sp³-hybridized carbons (Fsp3) is 0.231. The first-order valence-corrected chi connectivity index (χ1v) is 6.06. The maximum atomic E-state index is 5.30. The zero-order valence-electron chi connectivity index (χ0n) is 9.99. The summed E-state index contributed by atoms with van der Waals surface area (Å²) in [6.07, 6.45) is 1.74. The molecule has 88 valence electrons. The highest BCUT2D eigenvalue weighted by molar-refractivity contribution is 9.10. The number of methoxy groups -OCH3 is 1. The Bertz CT molecular complexity index is 555. The van der Waals surface area contributed by atoms with Crippen molar-refractivity contribution >= 4 is 15.9 Å². The molecule has 0 fully saturated rings. The summed E-state index contributed by atoms with van der Waals surface area (Å²) in [4.78, 5) is 8.40. The van der Waals surface area contributed by atoms with Gasteiger partial charge in [0.25, 0.3) is 0 Å². The Balaban J connectivity index is 2.57. The van der Waals surface area contributed by atoms with E-state index in [0.717, 1.165) is 22.6 Å². The zero-order valence-corrected chi connectivity index (χ0v) is 11.6. The van der Waals surface area contributed by atoms with E-state index in [1.165, 1.54) is 5.56 Å². The minimum Gasteiger partial charge on any atom is -0.496 e. The Morgan fingerprint density at radius 2 is 1.88 bits per heavy atom. The van der Waals surface area contributed by atoms with E-state index >= 15 is 0 Å². The second-order valence-electron chi connectivity index (χ2n) is 3.78. The summed E-state index contributed by atoms with van der Waals surface area (Å²) in [7, 11) is 1.68. The lowest BCUT2D eigenvalue weighted by Gasteiger charge is -2.12. The minimum atomic E-state index is 0.600. The van der Waals surface area contributed by atoms with Gasteiger partial charge >= 0.3 is 0 Å². The van der Waals surface area contributed by atoms with Crippen LogP contribution in [0.1, 0.15) is 11.1 Å². The van der Waals surface area contributed by atoms with E-state index in [1.807, 2.05) is 25.1 Å². The summed E-state index contributed by atoms with van der Waals surface area (Å²) >= 11 is 3.28. The predicted octanol–water partition coefficient (Wildman–Crippen LogP) is 3.53. The smallest absolute Gasteiger partial charge is 0.197 e. The van der Waals surface area contributed by atoms with Gasteiger partial charge in [-0.1, -0.05) is 0 Å². The number of halogens is 1. The van der Waals surface area contributed by atoms with E-state index in [9.17, 15) is 0 Å². The van der Waals surface area contributed by atoms with Crippen molar-refractivity contribution in [3.05, 3.63) is 40.3 Å². The lowest BCUT2D eigenvalue weighted by molar-refractivity contribution is 0.411. The fourth-order valence-electron chi connectivity index (χ4n) is 1.78. The molecule has 0 aliphatic heterocycles. The first-order chi connectivity index (χ1) is 8.13. The molecule has 1 heterocycles. The van der Waals surface area contributed by atoms with E-state index in [-0.39, 0.29) is 0 Å². The third-order valence-electron chi connectivity index (χ3n) is 2.86. The molecule has 2 aromatic rings. The molecule has 0 aliphatic carbocycles. The van der Waals surface area contributed by atoms with Crippen molar-refractivity contribution in [1.29, 1.82) is 0 Å². The zero-order chi connectivity index (χ0) is 12.4. The number of benzene rings is 1. The maximum Gasteiger partial charge on any atom is 0.197 e. The molecule has 1 aromatic heterocycles. The number of hydrogen-bond donors (Lipinski definition) is 0. The molecule has 0 N–H and O–H groups in total. The summed E-state index contributed by atoms with van der Waals surface area (Å²) in [6, 6.07) is 5.89. The molecule has 0 unspecified atom stereocenters. The van der Waals surface area contributed by atoms with Gasteiger partial charge in [0.2, 0.25) is 0 Å². The number of rotatable bonds is 2. The summed E-state index contributed by atoms with van der Waals surface area (Å²) in [5.74, 6) is 0.902. The van der Waals surface area contributed by atoms with Crippen LogP contribution in [-0.4, -0.2) is 17.1 Å². The number of nitrogens with zero attached hydrogens (tertiary/aromatic N) is 2. The molecule has 0 atom stereocenters. The van der Waals surface area contributed by atoms with Gasteiger partial charge in [0, 0.05) is 11.8 Å². The third kappa shape index (κ3) is 2.31. The molecule has 3 nitrogen and oxygen atoms in total. The summed E-state index contributed by atoms with van der Waals surface area (Å²) in [5.41, 5.74) is 4.33. The number of ether oxygens (including phenoxy) is 1. The first-order valence-electron chi connectivity index (χ1n) is 5.26. The van der Waals surface area contributed by atoms with Crippen molar-refractivity contribution in [2.75, 3.05) is 7.11 Å². The van der Waals surface area contributed by atoms with E-state index in [0.29, 0.717) is 4.73 Å². The molecule has 0 amide bonds. The predicted molar refractivity (Wildman–Crippen MR) is 71.2 cm³/mol. The monoisotopic (exact) mass is 292 g/mol.